The lowest BCUT2D eigenvalue weighted by Gasteiger charge is -2.46. The van der Waals surface area contributed by atoms with Crippen LogP contribution in [0.1, 0.15) is 58.9 Å². The Morgan fingerprint density at radius 3 is 2.26 bits per heavy atom. The molecular formula is C45H48BFN2O8Si. The second-order valence-corrected chi connectivity index (χ2v) is 20.8. The highest BCUT2D eigenvalue weighted by Gasteiger charge is 2.58. The molecule has 58 heavy (non-hydrogen) atoms. The van der Waals surface area contributed by atoms with Gasteiger partial charge in [-0.15, -0.1) is 0 Å². The summed E-state index contributed by atoms with van der Waals surface area (Å²) in [5.74, 6) is -4.20. The summed E-state index contributed by atoms with van der Waals surface area (Å²) in [5, 5.41) is 34.6. The number of hydrogen-bond donors (Lipinski definition) is 2. The SMILES string of the molecule is CC/C(=C\c1ccc(O)c(F)c1)CC[C@H]1OB(O)C[C@H]2C1=C(CO[Si](c1ccccc1)(c1ccccc1)C(C)(C)C)C[C@H]1C(=O)N(c3cccc([N+](=O)[O-])c3)C(=O)[C@H]12. The van der Waals surface area contributed by atoms with Gasteiger partial charge < -0.3 is 19.2 Å². The highest BCUT2D eigenvalue weighted by atomic mass is 28.4. The summed E-state index contributed by atoms with van der Waals surface area (Å²) in [5.41, 5.74) is 3.19. The van der Waals surface area contributed by atoms with E-state index in [1.807, 2.05) is 49.4 Å². The molecule has 0 saturated carbocycles. The van der Waals surface area contributed by atoms with Gasteiger partial charge in [-0.05, 0) is 88.2 Å². The zero-order valence-corrected chi connectivity index (χ0v) is 34.1. The summed E-state index contributed by atoms with van der Waals surface area (Å²) in [6, 6.07) is 30.3. The Morgan fingerprint density at radius 2 is 1.66 bits per heavy atom. The smallest absolute Gasteiger partial charge is 0.455 e. The van der Waals surface area contributed by atoms with Gasteiger partial charge in [0.2, 0.25) is 11.8 Å². The van der Waals surface area contributed by atoms with Crippen molar-refractivity contribution >= 4 is 55.1 Å². The Morgan fingerprint density at radius 1 is 0.983 bits per heavy atom. The molecule has 1 aliphatic carbocycles. The third-order valence-electron chi connectivity index (χ3n) is 12.0. The molecule has 2 fully saturated rings. The summed E-state index contributed by atoms with van der Waals surface area (Å²) < 4.78 is 28.1. The van der Waals surface area contributed by atoms with Gasteiger partial charge in [-0.3, -0.25) is 19.7 Å². The lowest BCUT2D eigenvalue weighted by molar-refractivity contribution is -0.384. The second kappa shape index (κ2) is 16.6. The van der Waals surface area contributed by atoms with Crippen molar-refractivity contribution in [1.82, 2.24) is 0 Å². The van der Waals surface area contributed by atoms with Crippen LogP contribution in [0.15, 0.2) is 120 Å². The first-order chi connectivity index (χ1) is 27.7. The number of fused-ring (bicyclic) bond motifs is 3. The van der Waals surface area contributed by atoms with Gasteiger partial charge in [0, 0.05) is 12.1 Å². The lowest BCUT2D eigenvalue weighted by atomic mass is 9.58. The van der Waals surface area contributed by atoms with Gasteiger partial charge in [0.05, 0.1) is 35.2 Å². The summed E-state index contributed by atoms with van der Waals surface area (Å²) in [7, 11) is -4.29. The quantitative estimate of drug-likeness (QED) is 0.0492. The van der Waals surface area contributed by atoms with E-state index in [2.05, 4.69) is 45.0 Å². The molecule has 2 heterocycles. The first-order valence-electron chi connectivity index (χ1n) is 19.8. The number of rotatable bonds is 12. The number of nitro groups is 1. The number of benzene rings is 4. The third kappa shape index (κ3) is 7.71. The normalized spacial score (nSPS) is 21.3. The zero-order chi connectivity index (χ0) is 41.4. The van der Waals surface area contributed by atoms with Crippen LogP contribution >= 0.6 is 0 Å². The maximum absolute atomic E-state index is 14.5. The minimum atomic E-state index is -3.07. The zero-order valence-electron chi connectivity index (χ0n) is 33.1. The number of aromatic hydroxyl groups is 1. The molecule has 10 nitrogen and oxygen atoms in total. The van der Waals surface area contributed by atoms with Crippen LogP contribution in [0.4, 0.5) is 15.8 Å². The number of amides is 2. The number of allylic oxidation sites excluding steroid dienone is 1. The monoisotopic (exact) mass is 802 g/mol. The van der Waals surface area contributed by atoms with Gasteiger partial charge in [-0.25, -0.2) is 9.29 Å². The molecule has 4 atom stereocenters. The van der Waals surface area contributed by atoms with Crippen molar-refractivity contribution in [2.75, 3.05) is 11.5 Å². The average molecular weight is 803 g/mol. The fourth-order valence-electron chi connectivity index (χ4n) is 9.37. The number of imide groups is 1. The lowest BCUT2D eigenvalue weighted by Crippen LogP contribution is -2.66. The van der Waals surface area contributed by atoms with Crippen molar-refractivity contribution in [2.24, 2.45) is 17.8 Å². The van der Waals surface area contributed by atoms with Gasteiger partial charge in [0.25, 0.3) is 14.0 Å². The minimum absolute atomic E-state index is 0.0841. The summed E-state index contributed by atoms with van der Waals surface area (Å²) >= 11 is 0. The molecule has 4 aromatic carbocycles. The number of nitro benzene ring substituents is 1. The standard InChI is InChI=1S/C45H48BFN2O8Si/c1-5-29(23-30-19-21-39(50)38(47)24-30)20-22-40-41-31(28-56-58(45(2,3)4,34-15-8-6-9-16-34)35-17-10-7-11-18-35)25-36-42(37(41)27-46(53)57-40)44(52)48(43(36)51)32-13-12-14-33(26-32)49(54)55/h6-19,21,23-24,26,36-37,40,42,50,53H,5,20,22,25,27-28H2,1-4H3/b29-23+/t36-,37+,40-,42-/m1/s1. The van der Waals surface area contributed by atoms with Crippen LogP contribution in [-0.4, -0.2) is 55.0 Å². The molecule has 300 valence electrons. The molecular weight excluding hydrogens is 754 g/mol. The van der Waals surface area contributed by atoms with Crippen LogP contribution in [0, 0.1) is 33.7 Å². The summed E-state index contributed by atoms with van der Waals surface area (Å²) in [6.07, 6.45) is 3.16. The number of phenols is 1. The Kier molecular flexibility index (Phi) is 11.7. The predicted octanol–water partition coefficient (Wildman–Crippen LogP) is 7.59. The molecule has 2 N–H and O–H groups in total. The van der Waals surface area contributed by atoms with Gasteiger partial charge in [0.1, 0.15) is 0 Å². The van der Waals surface area contributed by atoms with E-state index >= 15 is 0 Å². The first-order valence-corrected chi connectivity index (χ1v) is 21.7. The molecule has 0 radical (unpaired) electrons. The number of carbonyl (C=O) groups is 2. The van der Waals surface area contributed by atoms with E-state index in [1.54, 1.807) is 6.07 Å². The Hall–Kier alpha value is -5.21. The third-order valence-corrected chi connectivity index (χ3v) is 17.0. The van der Waals surface area contributed by atoms with Crippen molar-refractivity contribution < 1.29 is 38.1 Å². The van der Waals surface area contributed by atoms with Crippen molar-refractivity contribution in [3.05, 3.63) is 141 Å². The molecule has 3 aliphatic rings. The van der Waals surface area contributed by atoms with Crippen LogP contribution in [0.5, 0.6) is 5.75 Å². The van der Waals surface area contributed by atoms with E-state index in [0.717, 1.165) is 32.0 Å². The van der Waals surface area contributed by atoms with E-state index in [0.29, 0.717) is 24.8 Å². The summed E-state index contributed by atoms with van der Waals surface area (Å²) in [6.45, 7) is 8.72. The number of non-ortho nitro benzene ring substituents is 1. The van der Waals surface area contributed by atoms with Crippen LogP contribution in [-0.2, 0) is 18.7 Å². The maximum Gasteiger partial charge on any atom is 0.455 e. The van der Waals surface area contributed by atoms with Crippen LogP contribution < -0.4 is 15.3 Å². The molecule has 13 heteroatoms. The van der Waals surface area contributed by atoms with E-state index in [1.165, 1.54) is 36.4 Å². The second-order valence-electron chi connectivity index (χ2n) is 16.5. The number of halogens is 1. The van der Waals surface area contributed by atoms with Gasteiger partial charge in [-0.2, -0.15) is 0 Å². The Bertz CT molecular complexity index is 2220. The molecule has 7 rings (SSSR count). The molecule has 0 unspecified atom stereocenters. The fourth-order valence-corrected chi connectivity index (χ4v) is 13.9. The topological polar surface area (TPSA) is 139 Å². The van der Waals surface area contributed by atoms with Crippen molar-refractivity contribution in [3.63, 3.8) is 0 Å². The molecule has 0 bridgehead atoms. The number of nitrogens with zero attached hydrogens (tertiary/aromatic N) is 2. The molecule has 2 saturated heterocycles. The number of phenolic OH excluding ortho intramolecular Hbond substituents is 1. The Labute approximate surface area is 339 Å². The van der Waals surface area contributed by atoms with Crippen molar-refractivity contribution in [3.8, 4) is 5.75 Å². The fraction of sp³-hybridized carbons (Fsp3) is 0.333. The van der Waals surface area contributed by atoms with Crippen LogP contribution in [0.2, 0.25) is 11.4 Å². The van der Waals surface area contributed by atoms with Crippen LogP contribution in [0.3, 0.4) is 0 Å². The maximum atomic E-state index is 14.5. The van der Waals surface area contributed by atoms with Crippen molar-refractivity contribution in [2.45, 2.75) is 70.8 Å². The molecule has 2 aliphatic heterocycles. The highest BCUT2D eigenvalue weighted by Crippen LogP contribution is 2.52. The summed E-state index contributed by atoms with van der Waals surface area (Å²) in [4.78, 5) is 41.2. The molecule has 2 amide bonds. The van der Waals surface area contributed by atoms with E-state index in [9.17, 15) is 34.2 Å². The average Bonchev–Trinajstić information content (AvgIpc) is 3.46. The minimum Gasteiger partial charge on any atom is -0.505 e. The molecule has 0 spiro atoms. The van der Waals surface area contributed by atoms with Gasteiger partial charge in [0.15, 0.2) is 11.6 Å². The molecule has 4 aromatic rings. The van der Waals surface area contributed by atoms with Crippen molar-refractivity contribution in [1.29, 1.82) is 0 Å². The van der Waals surface area contributed by atoms with Gasteiger partial charge >= 0.3 is 7.12 Å². The first kappa shape index (κ1) is 41.0. The number of anilines is 1. The highest BCUT2D eigenvalue weighted by molar-refractivity contribution is 6.99. The van der Waals surface area contributed by atoms with E-state index < -0.39 is 67.6 Å². The predicted molar refractivity (Wildman–Crippen MR) is 224 cm³/mol. The van der Waals surface area contributed by atoms with Gasteiger partial charge in [-0.1, -0.05) is 112 Å². The van der Waals surface area contributed by atoms with E-state index in [-0.39, 0.29) is 35.8 Å². The molecule has 0 aromatic heterocycles. The number of hydrogen-bond acceptors (Lipinski definition) is 8. The van der Waals surface area contributed by atoms with Crippen LogP contribution in [0.25, 0.3) is 6.08 Å². The van der Waals surface area contributed by atoms with E-state index in [4.69, 9.17) is 9.08 Å². The largest absolute Gasteiger partial charge is 0.505 e. The Balaban J connectivity index is 1.31. The number of carbonyl (C=O) groups excluding carboxylic acids is 2.